The zero-order valence-corrected chi connectivity index (χ0v) is 14.9. The van der Waals surface area contributed by atoms with Crippen molar-refractivity contribution in [3.8, 4) is 0 Å². The van der Waals surface area contributed by atoms with E-state index in [0.717, 1.165) is 25.2 Å². The molecule has 2 nitrogen and oxygen atoms in total. The van der Waals surface area contributed by atoms with Crippen molar-refractivity contribution >= 4 is 5.90 Å². The molecule has 0 spiro atoms. The Morgan fingerprint density at radius 3 is 1.92 bits per heavy atom. The van der Waals surface area contributed by atoms with Crippen LogP contribution in [0.1, 0.15) is 38.3 Å². The van der Waals surface area contributed by atoms with E-state index in [1.807, 2.05) is 0 Å². The molecule has 0 saturated heterocycles. The molecule has 3 rings (SSSR count). The SMILES string of the molecule is CC1CC(C)(C)N=C(C(Cc2ccccc2)Cc2ccccc2)O1. The monoisotopic (exact) mass is 321 g/mol. The van der Waals surface area contributed by atoms with Crippen molar-refractivity contribution < 1.29 is 4.74 Å². The van der Waals surface area contributed by atoms with Gasteiger partial charge in [0.1, 0.15) is 0 Å². The minimum atomic E-state index is -0.0430. The summed E-state index contributed by atoms with van der Waals surface area (Å²) >= 11 is 0. The van der Waals surface area contributed by atoms with Gasteiger partial charge in [0.15, 0.2) is 5.90 Å². The summed E-state index contributed by atoms with van der Waals surface area (Å²) in [6.07, 6.45) is 3.11. The Morgan fingerprint density at radius 2 is 1.46 bits per heavy atom. The molecule has 2 heteroatoms. The van der Waals surface area contributed by atoms with Crippen LogP contribution in [0.3, 0.4) is 0 Å². The smallest absolute Gasteiger partial charge is 0.187 e. The Morgan fingerprint density at radius 1 is 0.958 bits per heavy atom. The molecule has 0 saturated carbocycles. The number of nitrogens with zero attached hydrogens (tertiary/aromatic N) is 1. The molecule has 1 aliphatic rings. The zero-order chi connectivity index (χ0) is 17.0. The number of ether oxygens (including phenoxy) is 1. The van der Waals surface area contributed by atoms with Crippen LogP contribution in [-0.4, -0.2) is 17.5 Å². The van der Waals surface area contributed by atoms with Crippen LogP contribution in [0.2, 0.25) is 0 Å². The van der Waals surface area contributed by atoms with Gasteiger partial charge in [0.05, 0.1) is 11.6 Å². The Balaban J connectivity index is 1.88. The van der Waals surface area contributed by atoms with E-state index in [-0.39, 0.29) is 17.6 Å². The van der Waals surface area contributed by atoms with Crippen LogP contribution < -0.4 is 0 Å². The minimum absolute atomic E-state index is 0.0430. The highest BCUT2D eigenvalue weighted by Crippen LogP contribution is 2.28. The maximum absolute atomic E-state index is 6.18. The lowest BCUT2D eigenvalue weighted by molar-refractivity contribution is 0.131. The molecule has 126 valence electrons. The maximum atomic E-state index is 6.18. The van der Waals surface area contributed by atoms with Gasteiger partial charge in [-0.15, -0.1) is 0 Å². The van der Waals surface area contributed by atoms with Crippen molar-refractivity contribution in [2.45, 2.75) is 51.7 Å². The molecule has 0 aromatic heterocycles. The molecule has 0 bridgehead atoms. The fraction of sp³-hybridized carbons (Fsp3) is 0.409. The topological polar surface area (TPSA) is 21.6 Å². The molecule has 1 heterocycles. The van der Waals surface area contributed by atoms with Crippen LogP contribution in [0, 0.1) is 5.92 Å². The average molecular weight is 321 g/mol. The van der Waals surface area contributed by atoms with Crippen molar-refractivity contribution in [3.05, 3.63) is 71.8 Å². The van der Waals surface area contributed by atoms with Crippen LogP contribution in [0.15, 0.2) is 65.7 Å². The quantitative estimate of drug-likeness (QED) is 0.753. The van der Waals surface area contributed by atoms with Gasteiger partial charge in [-0.1, -0.05) is 60.7 Å². The van der Waals surface area contributed by atoms with E-state index in [1.54, 1.807) is 0 Å². The third-order valence-electron chi connectivity index (χ3n) is 4.52. The summed E-state index contributed by atoms with van der Waals surface area (Å²) < 4.78 is 6.18. The molecule has 1 aliphatic heterocycles. The van der Waals surface area contributed by atoms with E-state index in [9.17, 15) is 0 Å². The summed E-state index contributed by atoms with van der Waals surface area (Å²) in [5, 5.41) is 0. The third kappa shape index (κ3) is 4.47. The summed E-state index contributed by atoms with van der Waals surface area (Å²) in [6, 6.07) is 21.3. The predicted octanol–water partition coefficient (Wildman–Crippen LogP) is 5.07. The van der Waals surface area contributed by atoms with Crippen molar-refractivity contribution in [1.82, 2.24) is 0 Å². The molecule has 0 N–H and O–H groups in total. The van der Waals surface area contributed by atoms with Crippen LogP contribution >= 0.6 is 0 Å². The molecule has 1 atom stereocenters. The Kier molecular flexibility index (Phi) is 5.03. The van der Waals surface area contributed by atoms with Gasteiger partial charge in [-0.3, -0.25) is 0 Å². The van der Waals surface area contributed by atoms with Gasteiger partial charge in [0.2, 0.25) is 0 Å². The van der Waals surface area contributed by atoms with E-state index in [1.165, 1.54) is 11.1 Å². The van der Waals surface area contributed by atoms with Gasteiger partial charge in [0, 0.05) is 12.3 Å². The second-order valence-electron chi connectivity index (χ2n) is 7.47. The van der Waals surface area contributed by atoms with Gasteiger partial charge in [-0.2, -0.15) is 0 Å². The van der Waals surface area contributed by atoms with Crippen molar-refractivity contribution in [1.29, 1.82) is 0 Å². The molecule has 2 aromatic rings. The number of hydrogen-bond donors (Lipinski definition) is 0. The first-order valence-electron chi connectivity index (χ1n) is 8.86. The standard InChI is InChI=1S/C22H27NO/c1-17-16-22(2,3)23-21(24-17)20(14-18-10-6-4-7-11-18)15-19-12-8-5-9-13-19/h4-13,17,20H,14-16H2,1-3H3. The molecule has 0 aliphatic carbocycles. The first-order valence-corrected chi connectivity index (χ1v) is 8.86. The highest BCUT2D eigenvalue weighted by molar-refractivity contribution is 5.80. The van der Waals surface area contributed by atoms with Crippen LogP contribution in [0.4, 0.5) is 0 Å². The highest BCUT2D eigenvalue weighted by atomic mass is 16.5. The summed E-state index contributed by atoms with van der Waals surface area (Å²) in [7, 11) is 0. The normalized spacial score (nSPS) is 19.7. The summed E-state index contributed by atoms with van der Waals surface area (Å²) in [4.78, 5) is 4.95. The number of rotatable bonds is 5. The first kappa shape index (κ1) is 16.8. The Labute approximate surface area is 145 Å². The van der Waals surface area contributed by atoms with Crippen molar-refractivity contribution in [2.24, 2.45) is 10.9 Å². The van der Waals surface area contributed by atoms with Gasteiger partial charge < -0.3 is 4.74 Å². The third-order valence-corrected chi connectivity index (χ3v) is 4.52. The van der Waals surface area contributed by atoms with Crippen molar-refractivity contribution in [3.63, 3.8) is 0 Å². The zero-order valence-electron chi connectivity index (χ0n) is 14.9. The van der Waals surface area contributed by atoms with E-state index in [0.29, 0.717) is 0 Å². The van der Waals surface area contributed by atoms with E-state index < -0.39 is 0 Å². The van der Waals surface area contributed by atoms with Crippen LogP contribution in [0.25, 0.3) is 0 Å². The van der Waals surface area contributed by atoms with Gasteiger partial charge in [-0.05, 0) is 44.7 Å². The van der Waals surface area contributed by atoms with E-state index in [2.05, 4.69) is 81.4 Å². The van der Waals surface area contributed by atoms with Crippen LogP contribution in [-0.2, 0) is 17.6 Å². The lowest BCUT2D eigenvalue weighted by atomic mass is 9.89. The van der Waals surface area contributed by atoms with Gasteiger partial charge >= 0.3 is 0 Å². The second kappa shape index (κ2) is 7.21. The van der Waals surface area contributed by atoms with Crippen molar-refractivity contribution in [2.75, 3.05) is 0 Å². The summed E-state index contributed by atoms with van der Waals surface area (Å²) in [6.45, 7) is 6.56. The molecule has 24 heavy (non-hydrogen) atoms. The van der Waals surface area contributed by atoms with E-state index in [4.69, 9.17) is 9.73 Å². The summed E-state index contributed by atoms with van der Waals surface area (Å²) in [5.41, 5.74) is 2.63. The highest BCUT2D eigenvalue weighted by Gasteiger charge is 2.31. The number of hydrogen-bond acceptors (Lipinski definition) is 2. The molecule has 0 amide bonds. The lowest BCUT2D eigenvalue weighted by Crippen LogP contribution is -2.38. The molecular formula is C22H27NO. The lowest BCUT2D eigenvalue weighted by Gasteiger charge is -2.34. The van der Waals surface area contributed by atoms with Crippen LogP contribution in [0.5, 0.6) is 0 Å². The fourth-order valence-corrected chi connectivity index (χ4v) is 3.55. The maximum Gasteiger partial charge on any atom is 0.187 e. The van der Waals surface area contributed by atoms with Gasteiger partial charge in [-0.25, -0.2) is 4.99 Å². The Hall–Kier alpha value is -2.09. The fourth-order valence-electron chi connectivity index (χ4n) is 3.55. The Bertz CT molecular complexity index is 634. The first-order chi connectivity index (χ1) is 11.5. The molecular weight excluding hydrogens is 294 g/mol. The summed E-state index contributed by atoms with van der Waals surface area (Å²) in [5.74, 6) is 1.20. The molecule has 0 fully saturated rings. The minimum Gasteiger partial charge on any atom is -0.478 e. The predicted molar refractivity (Wildman–Crippen MR) is 100 cm³/mol. The second-order valence-corrected chi connectivity index (χ2v) is 7.47. The molecule has 0 radical (unpaired) electrons. The largest absolute Gasteiger partial charge is 0.478 e. The molecule has 2 aromatic carbocycles. The number of aliphatic imine (C=N–C) groups is 1. The van der Waals surface area contributed by atoms with E-state index >= 15 is 0 Å². The van der Waals surface area contributed by atoms with Gasteiger partial charge in [0.25, 0.3) is 0 Å². The molecule has 1 unspecified atom stereocenters. The number of benzene rings is 2. The average Bonchev–Trinajstić information content (AvgIpc) is 2.54.